The van der Waals surface area contributed by atoms with Crippen molar-refractivity contribution in [1.82, 2.24) is 34.2 Å². The molecule has 0 spiro atoms. The van der Waals surface area contributed by atoms with Crippen LogP contribution < -0.4 is 11.1 Å². The highest BCUT2D eigenvalue weighted by Crippen LogP contribution is 2.41. The molecule has 4 aromatic rings. The molecule has 3 N–H and O–H groups in total. The van der Waals surface area contributed by atoms with E-state index in [2.05, 4.69) is 36.4 Å². The number of rotatable bonds is 3. The second kappa shape index (κ2) is 6.26. The van der Waals surface area contributed by atoms with E-state index in [1.807, 2.05) is 29.8 Å². The molecular weight excluding hydrogens is 368 g/mol. The van der Waals surface area contributed by atoms with Gasteiger partial charge in [0.2, 0.25) is 11.7 Å². The van der Waals surface area contributed by atoms with Gasteiger partial charge in [0.15, 0.2) is 0 Å². The maximum atomic E-state index is 11.8. The molecule has 0 radical (unpaired) electrons. The minimum atomic E-state index is -0.219. The Morgan fingerprint density at radius 1 is 1.34 bits per heavy atom. The summed E-state index contributed by atoms with van der Waals surface area (Å²) in [6.45, 7) is 6.06. The average Bonchev–Trinajstić information content (AvgIpc) is 3.31. The topological polar surface area (TPSA) is 116 Å². The number of anilines is 1. The Labute approximate surface area is 165 Å². The highest BCUT2D eigenvalue weighted by atomic mass is 16.1. The zero-order chi connectivity index (χ0) is 20.1. The van der Waals surface area contributed by atoms with Crippen molar-refractivity contribution >= 4 is 34.1 Å². The molecule has 9 nitrogen and oxygen atoms in total. The van der Waals surface area contributed by atoms with E-state index in [9.17, 15) is 4.79 Å². The first-order valence-electron chi connectivity index (χ1n) is 9.10. The summed E-state index contributed by atoms with van der Waals surface area (Å²) in [4.78, 5) is 29.2. The van der Waals surface area contributed by atoms with Gasteiger partial charge in [0, 0.05) is 42.5 Å². The molecule has 1 aliphatic rings. The van der Waals surface area contributed by atoms with Gasteiger partial charge in [-0.2, -0.15) is 0 Å². The van der Waals surface area contributed by atoms with E-state index in [1.165, 1.54) is 12.4 Å². The first-order chi connectivity index (χ1) is 14.1. The smallest absolute Gasteiger partial charge is 0.243 e. The molecule has 29 heavy (non-hydrogen) atoms. The van der Waals surface area contributed by atoms with Crippen LogP contribution in [-0.4, -0.2) is 40.9 Å². The van der Waals surface area contributed by atoms with Crippen molar-refractivity contribution in [3.63, 3.8) is 0 Å². The van der Waals surface area contributed by atoms with Gasteiger partial charge in [-0.3, -0.25) is 9.20 Å². The third-order valence-electron chi connectivity index (χ3n) is 5.12. The van der Waals surface area contributed by atoms with Crippen molar-refractivity contribution in [1.29, 1.82) is 0 Å². The van der Waals surface area contributed by atoms with Crippen LogP contribution in [0.3, 0.4) is 0 Å². The Morgan fingerprint density at radius 2 is 2.21 bits per heavy atom. The Balaban J connectivity index is 1.77. The van der Waals surface area contributed by atoms with Crippen molar-refractivity contribution in [2.24, 2.45) is 0 Å². The van der Waals surface area contributed by atoms with E-state index in [1.54, 1.807) is 12.4 Å². The quantitative estimate of drug-likeness (QED) is 0.519. The number of allylic oxidation sites excluding steroid dienone is 1. The number of imidazole rings is 1. The number of nitrogens with two attached hydrogens (primary N) is 1. The average molecular weight is 386 g/mol. The standard InChI is InChI=1S/C20H18N8O/c1-3-14(29)26-13-6-11(2)17-15(12-7-23-20-22-4-5-27(20)8-12)16-18(21)24-10-25-19(16)28(17)9-13/h3-8,10,13H,1,9H2,2H3,(H,26,29)(H2,21,24,25)/t13-/m0/s1. The lowest BCUT2D eigenvalue weighted by Gasteiger charge is -2.24. The molecule has 0 bridgehead atoms. The number of aromatic nitrogens is 6. The van der Waals surface area contributed by atoms with Gasteiger partial charge in [-0.25, -0.2) is 19.9 Å². The Hall–Kier alpha value is -4.01. The van der Waals surface area contributed by atoms with Crippen LogP contribution >= 0.6 is 0 Å². The predicted molar refractivity (Wildman–Crippen MR) is 110 cm³/mol. The van der Waals surface area contributed by atoms with Crippen LogP contribution in [0.1, 0.15) is 12.6 Å². The molecule has 1 amide bonds. The fourth-order valence-electron chi connectivity index (χ4n) is 3.97. The number of fused-ring (bicyclic) bond motifs is 4. The Kier molecular flexibility index (Phi) is 3.70. The van der Waals surface area contributed by atoms with E-state index in [0.29, 0.717) is 18.1 Å². The molecular formula is C20H18N8O. The summed E-state index contributed by atoms with van der Waals surface area (Å²) < 4.78 is 3.93. The highest BCUT2D eigenvalue weighted by molar-refractivity contribution is 6.06. The minimum Gasteiger partial charge on any atom is -0.383 e. The first-order valence-corrected chi connectivity index (χ1v) is 9.10. The lowest BCUT2D eigenvalue weighted by Crippen LogP contribution is -2.37. The van der Waals surface area contributed by atoms with Gasteiger partial charge in [-0.15, -0.1) is 0 Å². The van der Waals surface area contributed by atoms with Crippen molar-refractivity contribution in [2.75, 3.05) is 5.73 Å². The summed E-state index contributed by atoms with van der Waals surface area (Å²) in [6.07, 6.45) is 12.1. The summed E-state index contributed by atoms with van der Waals surface area (Å²) in [6, 6.07) is -0.179. The molecule has 144 valence electrons. The summed E-state index contributed by atoms with van der Waals surface area (Å²) in [5, 5.41) is 3.71. The third-order valence-corrected chi connectivity index (χ3v) is 5.12. The van der Waals surface area contributed by atoms with Gasteiger partial charge in [0.05, 0.1) is 17.1 Å². The molecule has 1 atom stereocenters. The largest absolute Gasteiger partial charge is 0.383 e. The van der Waals surface area contributed by atoms with Gasteiger partial charge in [0.25, 0.3) is 0 Å². The molecule has 0 fully saturated rings. The highest BCUT2D eigenvalue weighted by Gasteiger charge is 2.28. The Bertz CT molecular complexity index is 1330. The van der Waals surface area contributed by atoms with Crippen molar-refractivity contribution in [2.45, 2.75) is 19.5 Å². The number of carbonyl (C=O) groups excluding carboxylic acids is 1. The maximum absolute atomic E-state index is 11.8. The molecule has 5 rings (SSSR count). The van der Waals surface area contributed by atoms with Gasteiger partial charge in [-0.1, -0.05) is 12.7 Å². The predicted octanol–water partition coefficient (Wildman–Crippen LogP) is 1.81. The van der Waals surface area contributed by atoms with Gasteiger partial charge in [-0.05, 0) is 18.6 Å². The van der Waals surface area contributed by atoms with Crippen molar-refractivity contribution < 1.29 is 4.79 Å². The summed E-state index contributed by atoms with van der Waals surface area (Å²) in [7, 11) is 0. The third kappa shape index (κ3) is 2.59. The van der Waals surface area contributed by atoms with E-state index < -0.39 is 0 Å². The summed E-state index contributed by atoms with van der Waals surface area (Å²) in [5.74, 6) is 0.801. The number of hydrogen-bond donors (Lipinski definition) is 2. The first kappa shape index (κ1) is 17.1. The lowest BCUT2D eigenvalue weighted by atomic mass is 9.98. The second-order valence-electron chi connectivity index (χ2n) is 6.94. The van der Waals surface area contributed by atoms with E-state index >= 15 is 0 Å². The summed E-state index contributed by atoms with van der Waals surface area (Å²) >= 11 is 0. The number of carbonyl (C=O) groups is 1. The van der Waals surface area contributed by atoms with Crippen LogP contribution in [0.4, 0.5) is 5.82 Å². The zero-order valence-corrected chi connectivity index (χ0v) is 15.7. The second-order valence-corrected chi connectivity index (χ2v) is 6.94. The van der Waals surface area contributed by atoms with Crippen LogP contribution in [0.15, 0.2) is 49.8 Å². The van der Waals surface area contributed by atoms with Crippen LogP contribution in [-0.2, 0) is 11.3 Å². The minimum absolute atomic E-state index is 0.179. The number of amides is 1. The van der Waals surface area contributed by atoms with E-state index in [4.69, 9.17) is 5.73 Å². The number of nitrogens with one attached hydrogen (secondary N) is 1. The maximum Gasteiger partial charge on any atom is 0.243 e. The van der Waals surface area contributed by atoms with Gasteiger partial charge in [0.1, 0.15) is 17.8 Å². The molecule has 1 aliphatic heterocycles. The van der Waals surface area contributed by atoms with E-state index in [-0.39, 0.29) is 11.9 Å². The van der Waals surface area contributed by atoms with Crippen LogP contribution in [0.2, 0.25) is 0 Å². The molecule has 0 saturated carbocycles. The molecule has 0 unspecified atom stereocenters. The monoisotopic (exact) mass is 386 g/mol. The Morgan fingerprint density at radius 3 is 3.03 bits per heavy atom. The molecule has 0 saturated heterocycles. The molecule has 0 aromatic carbocycles. The van der Waals surface area contributed by atoms with Crippen LogP contribution in [0.5, 0.6) is 0 Å². The van der Waals surface area contributed by atoms with Crippen molar-refractivity contribution in [3.05, 3.63) is 55.5 Å². The normalized spacial score (nSPS) is 15.9. The number of nitrogen functional groups attached to an aromatic ring is 1. The molecule has 9 heteroatoms. The lowest BCUT2D eigenvalue weighted by molar-refractivity contribution is -0.116. The molecule has 5 heterocycles. The SMILES string of the molecule is C=CC(=O)N[C@H]1C=C(C)c2c(-c3cnc4nccn4c3)c3c(N)ncnc3n2C1. The zero-order valence-electron chi connectivity index (χ0n) is 15.7. The fourth-order valence-corrected chi connectivity index (χ4v) is 3.97. The number of nitrogens with zero attached hydrogens (tertiary/aromatic N) is 6. The van der Waals surface area contributed by atoms with Gasteiger partial charge < -0.3 is 15.6 Å². The van der Waals surface area contributed by atoms with Crippen molar-refractivity contribution in [3.8, 4) is 11.1 Å². The van der Waals surface area contributed by atoms with Gasteiger partial charge >= 0.3 is 0 Å². The molecule has 0 aliphatic carbocycles. The van der Waals surface area contributed by atoms with Crippen LogP contribution in [0, 0.1) is 0 Å². The summed E-state index contributed by atoms with van der Waals surface area (Å²) in [5.41, 5.74) is 10.8. The van der Waals surface area contributed by atoms with Crippen LogP contribution in [0.25, 0.3) is 33.5 Å². The van der Waals surface area contributed by atoms with E-state index in [0.717, 1.165) is 33.4 Å². The molecule has 4 aromatic heterocycles. The number of hydrogen-bond acceptors (Lipinski definition) is 6. The fraction of sp³-hybridized carbons (Fsp3) is 0.150.